The first-order valence-corrected chi connectivity index (χ1v) is 12.2. The quantitative estimate of drug-likeness (QED) is 0.404. The molecule has 1 aromatic heterocycles. The number of amides is 2. The van der Waals surface area contributed by atoms with E-state index < -0.39 is 5.82 Å². The molecular weight excluding hydrogens is 467 g/mol. The van der Waals surface area contributed by atoms with Crippen molar-refractivity contribution < 1.29 is 23.5 Å². The summed E-state index contributed by atoms with van der Waals surface area (Å²) in [5, 5.41) is 2.03. The van der Waals surface area contributed by atoms with E-state index in [9.17, 15) is 14.0 Å². The second-order valence-electron chi connectivity index (χ2n) is 8.12. The molecule has 0 radical (unpaired) electrons. The molecule has 1 aliphatic rings. The van der Waals surface area contributed by atoms with Gasteiger partial charge in [0.2, 0.25) is 5.91 Å². The zero-order valence-electron chi connectivity index (χ0n) is 19.5. The molecule has 182 valence electrons. The van der Waals surface area contributed by atoms with Crippen LogP contribution in [0.25, 0.3) is 0 Å². The summed E-state index contributed by atoms with van der Waals surface area (Å²) < 4.78 is 24.7. The number of methoxy groups -OCH3 is 1. The lowest BCUT2D eigenvalue weighted by Gasteiger charge is -2.37. The molecule has 2 heterocycles. The first-order valence-electron chi connectivity index (χ1n) is 11.3. The number of carbonyl (C=O) groups is 2. The lowest BCUT2D eigenvalue weighted by atomic mass is 10.0. The number of ether oxygens (including phenoxy) is 2. The topological polar surface area (TPSA) is 59.1 Å². The number of thiophene rings is 1. The summed E-state index contributed by atoms with van der Waals surface area (Å²) in [6, 6.07) is 14.4. The fraction of sp³-hybridized carbons (Fsp3) is 0.259. The molecular formula is C27H27FN2O4S. The van der Waals surface area contributed by atoms with Crippen LogP contribution in [0.2, 0.25) is 0 Å². The molecule has 0 saturated carbocycles. The second-order valence-corrected chi connectivity index (χ2v) is 9.12. The van der Waals surface area contributed by atoms with Crippen LogP contribution in [-0.2, 0) is 11.2 Å². The Kier molecular flexibility index (Phi) is 7.82. The third kappa shape index (κ3) is 5.71. The van der Waals surface area contributed by atoms with Crippen molar-refractivity contribution in [3.63, 3.8) is 0 Å². The molecule has 0 bridgehead atoms. The van der Waals surface area contributed by atoms with E-state index >= 15 is 0 Å². The summed E-state index contributed by atoms with van der Waals surface area (Å²) in [4.78, 5) is 31.0. The summed E-state index contributed by atoms with van der Waals surface area (Å²) in [5.74, 6) is 0.384. The average Bonchev–Trinajstić information content (AvgIpc) is 3.36. The number of nitrogens with zero attached hydrogens (tertiary/aromatic N) is 2. The van der Waals surface area contributed by atoms with Crippen molar-refractivity contribution in [2.24, 2.45) is 0 Å². The van der Waals surface area contributed by atoms with Crippen LogP contribution in [0.15, 0.2) is 72.6 Å². The highest BCUT2D eigenvalue weighted by Gasteiger charge is 2.33. The molecule has 0 spiro atoms. The van der Waals surface area contributed by atoms with Gasteiger partial charge in [-0.25, -0.2) is 4.39 Å². The lowest BCUT2D eigenvalue weighted by Crippen LogP contribution is -2.47. The van der Waals surface area contributed by atoms with Gasteiger partial charge in [-0.2, -0.15) is 0 Å². The van der Waals surface area contributed by atoms with Gasteiger partial charge < -0.3 is 19.3 Å². The fourth-order valence-electron chi connectivity index (χ4n) is 4.14. The Morgan fingerprint density at radius 2 is 1.97 bits per heavy atom. The van der Waals surface area contributed by atoms with Crippen LogP contribution in [0.4, 0.5) is 4.39 Å². The van der Waals surface area contributed by atoms with Crippen LogP contribution < -0.4 is 9.47 Å². The Balaban J connectivity index is 1.52. The van der Waals surface area contributed by atoms with Gasteiger partial charge >= 0.3 is 0 Å². The summed E-state index contributed by atoms with van der Waals surface area (Å²) >= 11 is 1.67. The monoisotopic (exact) mass is 494 g/mol. The first-order chi connectivity index (χ1) is 17.0. The van der Waals surface area contributed by atoms with Crippen molar-refractivity contribution in [1.82, 2.24) is 9.80 Å². The van der Waals surface area contributed by atoms with Crippen molar-refractivity contribution in [2.45, 2.75) is 12.5 Å². The maximum Gasteiger partial charge on any atom is 0.254 e. The van der Waals surface area contributed by atoms with E-state index in [1.165, 1.54) is 34.0 Å². The Labute approximate surface area is 208 Å². The smallest absolute Gasteiger partial charge is 0.254 e. The second kappa shape index (κ2) is 11.2. The number of carbonyl (C=O) groups excluding carboxylic acids is 2. The molecule has 8 heteroatoms. The fourth-order valence-corrected chi connectivity index (χ4v) is 5.07. The Bertz CT molecular complexity index is 1190. The van der Waals surface area contributed by atoms with Gasteiger partial charge in [-0.1, -0.05) is 12.1 Å². The Morgan fingerprint density at radius 3 is 2.71 bits per heavy atom. The van der Waals surface area contributed by atoms with Gasteiger partial charge in [0.1, 0.15) is 30.5 Å². The van der Waals surface area contributed by atoms with Gasteiger partial charge in [0.15, 0.2) is 0 Å². The standard InChI is InChI=1S/C27H27FN2O4S/c1-3-13-29(27(32)19-7-9-20(28)10-8-19)17-26(31)30-14-11-25-23(12-15-35-25)24(30)18-34-22-6-4-5-21(16-22)33-2/h3-10,12,15-16,24H,1,11,13-14,17-18H2,2H3/t24-/m1/s1. The van der Waals surface area contributed by atoms with E-state index in [2.05, 4.69) is 6.58 Å². The van der Waals surface area contributed by atoms with Crippen molar-refractivity contribution in [3.8, 4) is 11.5 Å². The van der Waals surface area contributed by atoms with Crippen LogP contribution in [0, 0.1) is 5.82 Å². The average molecular weight is 495 g/mol. The summed E-state index contributed by atoms with van der Waals surface area (Å²) in [6.07, 6.45) is 2.33. The van der Waals surface area contributed by atoms with Gasteiger partial charge in [-0.05, 0) is 59.8 Å². The number of hydrogen-bond acceptors (Lipinski definition) is 5. The van der Waals surface area contributed by atoms with E-state index in [1.54, 1.807) is 35.5 Å². The van der Waals surface area contributed by atoms with E-state index in [1.807, 2.05) is 29.6 Å². The predicted molar refractivity (Wildman–Crippen MR) is 133 cm³/mol. The van der Waals surface area contributed by atoms with Crippen molar-refractivity contribution in [1.29, 1.82) is 0 Å². The number of rotatable bonds is 9. The highest BCUT2D eigenvalue weighted by molar-refractivity contribution is 7.10. The van der Waals surface area contributed by atoms with Crippen LogP contribution in [0.5, 0.6) is 11.5 Å². The highest BCUT2D eigenvalue weighted by Crippen LogP contribution is 2.34. The number of fused-ring (bicyclic) bond motifs is 1. The Hall–Kier alpha value is -3.65. The van der Waals surface area contributed by atoms with Crippen molar-refractivity contribution >= 4 is 23.2 Å². The molecule has 0 saturated heterocycles. The van der Waals surface area contributed by atoms with Gasteiger partial charge in [0.25, 0.3) is 5.91 Å². The third-order valence-electron chi connectivity index (χ3n) is 5.92. The molecule has 35 heavy (non-hydrogen) atoms. The first kappa shape index (κ1) is 24.5. The van der Waals surface area contributed by atoms with Crippen molar-refractivity contribution in [2.75, 3.05) is 33.4 Å². The number of halogens is 1. The SMILES string of the molecule is C=CCN(CC(=O)N1CCc2sccc2[C@H]1COc1cccc(OC)c1)C(=O)c1ccc(F)cc1. The van der Waals surface area contributed by atoms with Gasteiger partial charge in [-0.3, -0.25) is 9.59 Å². The lowest BCUT2D eigenvalue weighted by molar-refractivity contribution is -0.135. The zero-order chi connectivity index (χ0) is 24.8. The molecule has 3 aromatic rings. The van der Waals surface area contributed by atoms with Gasteiger partial charge in [0.05, 0.1) is 13.2 Å². The number of hydrogen-bond donors (Lipinski definition) is 0. The summed E-state index contributed by atoms with van der Waals surface area (Å²) in [7, 11) is 1.60. The van der Waals surface area contributed by atoms with Gasteiger partial charge in [0, 0.05) is 29.6 Å². The van der Waals surface area contributed by atoms with Crippen LogP contribution in [-0.4, -0.2) is 55.0 Å². The highest BCUT2D eigenvalue weighted by atomic mass is 32.1. The van der Waals surface area contributed by atoms with Gasteiger partial charge in [-0.15, -0.1) is 17.9 Å². The zero-order valence-corrected chi connectivity index (χ0v) is 20.3. The minimum Gasteiger partial charge on any atom is -0.497 e. The Morgan fingerprint density at radius 1 is 1.20 bits per heavy atom. The molecule has 1 aliphatic heterocycles. The minimum absolute atomic E-state index is 0.114. The third-order valence-corrected chi connectivity index (χ3v) is 6.91. The molecule has 4 rings (SSSR count). The molecule has 2 aromatic carbocycles. The minimum atomic E-state index is -0.424. The normalized spacial score (nSPS) is 14.7. The maximum atomic E-state index is 13.5. The largest absolute Gasteiger partial charge is 0.497 e. The molecule has 0 aliphatic carbocycles. The van der Waals surface area contributed by atoms with Crippen LogP contribution in [0.3, 0.4) is 0 Å². The van der Waals surface area contributed by atoms with Crippen LogP contribution in [0.1, 0.15) is 26.8 Å². The molecule has 2 amide bonds. The predicted octanol–water partition coefficient (Wildman–Crippen LogP) is 4.73. The maximum absolute atomic E-state index is 13.5. The molecule has 0 N–H and O–H groups in total. The van der Waals surface area contributed by atoms with E-state index in [0.717, 1.165) is 12.0 Å². The van der Waals surface area contributed by atoms with E-state index in [4.69, 9.17) is 9.47 Å². The molecule has 0 fully saturated rings. The van der Waals surface area contributed by atoms with Crippen molar-refractivity contribution in [3.05, 3.63) is 94.5 Å². The summed E-state index contributed by atoms with van der Waals surface area (Å²) in [5.41, 5.74) is 1.38. The molecule has 1 atom stereocenters. The van der Waals surface area contributed by atoms with E-state index in [-0.39, 0.29) is 37.6 Å². The van der Waals surface area contributed by atoms with Crippen LogP contribution >= 0.6 is 11.3 Å². The van der Waals surface area contributed by atoms with E-state index in [0.29, 0.717) is 23.6 Å². The summed E-state index contributed by atoms with van der Waals surface area (Å²) in [6.45, 7) is 4.61. The molecule has 6 nitrogen and oxygen atoms in total. The number of benzene rings is 2. The molecule has 0 unspecified atom stereocenters.